The van der Waals surface area contributed by atoms with E-state index < -0.39 is 12.2 Å². The van der Waals surface area contributed by atoms with E-state index in [4.69, 9.17) is 4.42 Å². The highest BCUT2D eigenvalue weighted by Crippen LogP contribution is 2.27. The van der Waals surface area contributed by atoms with Crippen molar-refractivity contribution in [3.63, 3.8) is 0 Å². The van der Waals surface area contributed by atoms with E-state index in [-0.39, 0.29) is 16.6 Å². The summed E-state index contributed by atoms with van der Waals surface area (Å²) in [5, 5.41) is 19.1. The maximum Gasteiger partial charge on any atom is 0.185 e. The lowest BCUT2D eigenvalue weighted by Crippen LogP contribution is -2.21. The van der Waals surface area contributed by atoms with Crippen LogP contribution < -0.4 is 0 Å². The Balaban J connectivity index is 2.57. The first-order valence-corrected chi connectivity index (χ1v) is 6.02. The van der Waals surface area contributed by atoms with E-state index in [1.807, 2.05) is 0 Å². The van der Waals surface area contributed by atoms with Gasteiger partial charge in [-0.1, -0.05) is 11.8 Å². The Morgan fingerprint density at radius 2 is 2.33 bits per heavy atom. The van der Waals surface area contributed by atoms with E-state index in [2.05, 4.69) is 15.9 Å². The number of furan rings is 1. The van der Waals surface area contributed by atoms with Crippen molar-refractivity contribution in [1.82, 2.24) is 0 Å². The molecule has 2 N–H and O–H groups in total. The van der Waals surface area contributed by atoms with Crippen LogP contribution in [0.2, 0.25) is 0 Å². The van der Waals surface area contributed by atoms with Gasteiger partial charge in [0.15, 0.2) is 5.12 Å². The van der Waals surface area contributed by atoms with Gasteiger partial charge < -0.3 is 14.6 Å². The molecule has 0 spiro atoms. The first kappa shape index (κ1) is 12.8. The Hall–Kier alpha value is -0.300. The van der Waals surface area contributed by atoms with Crippen molar-refractivity contribution in [3.05, 3.63) is 22.6 Å². The van der Waals surface area contributed by atoms with Gasteiger partial charge in [-0.05, 0) is 22.0 Å². The second-order valence-electron chi connectivity index (χ2n) is 2.95. The Kier molecular flexibility index (Phi) is 4.85. The predicted octanol–water partition coefficient (Wildman–Crippen LogP) is 1.72. The average molecular weight is 295 g/mol. The van der Waals surface area contributed by atoms with Gasteiger partial charge in [0.05, 0.1) is 16.8 Å². The lowest BCUT2D eigenvalue weighted by Gasteiger charge is -2.14. The van der Waals surface area contributed by atoms with E-state index >= 15 is 0 Å². The predicted molar refractivity (Wildman–Crippen MR) is 60.5 cm³/mol. The van der Waals surface area contributed by atoms with Crippen molar-refractivity contribution in [2.24, 2.45) is 0 Å². The lowest BCUT2D eigenvalue weighted by atomic mass is 10.2. The summed E-state index contributed by atoms with van der Waals surface area (Å²) in [5.41, 5.74) is 0. The first-order valence-electron chi connectivity index (χ1n) is 4.24. The molecule has 0 aliphatic rings. The van der Waals surface area contributed by atoms with Gasteiger partial charge in [-0.2, -0.15) is 0 Å². The molecule has 6 heteroatoms. The van der Waals surface area contributed by atoms with Gasteiger partial charge in [0.2, 0.25) is 0 Å². The molecule has 2 atom stereocenters. The summed E-state index contributed by atoms with van der Waals surface area (Å²) in [6.07, 6.45) is -0.740. The summed E-state index contributed by atoms with van der Waals surface area (Å²) < 4.78 is 5.60. The molecule has 1 heterocycles. The zero-order chi connectivity index (χ0) is 11.4. The molecule has 84 valence electrons. The highest BCUT2D eigenvalue weighted by molar-refractivity contribution is 9.10. The van der Waals surface area contributed by atoms with Gasteiger partial charge in [-0.25, -0.2) is 0 Å². The Bertz CT molecular complexity index is 339. The van der Waals surface area contributed by atoms with Crippen LogP contribution in [0.15, 0.2) is 21.2 Å². The monoisotopic (exact) mass is 294 g/mol. The molecule has 0 fully saturated rings. The molecular weight excluding hydrogens is 284 g/mol. The molecule has 0 aromatic carbocycles. The standard InChI is InChI=1S/C9H11BrO4S/c1-5(11)15-4-7(12)8(13)9-6(10)2-3-14-9/h2-3,7-8,12-13H,4H2,1H3. The van der Waals surface area contributed by atoms with Crippen LogP contribution in [0.5, 0.6) is 0 Å². The lowest BCUT2D eigenvalue weighted by molar-refractivity contribution is -0.109. The first-order chi connectivity index (χ1) is 7.02. The van der Waals surface area contributed by atoms with Crippen LogP contribution in [0, 0.1) is 0 Å². The van der Waals surface area contributed by atoms with Gasteiger partial charge in [-0.3, -0.25) is 4.79 Å². The summed E-state index contributed by atoms with van der Waals surface area (Å²) in [6.45, 7) is 1.41. The minimum atomic E-state index is -1.12. The molecule has 0 aliphatic carbocycles. The van der Waals surface area contributed by atoms with Crippen molar-refractivity contribution >= 4 is 32.8 Å². The average Bonchev–Trinajstić information content (AvgIpc) is 2.59. The van der Waals surface area contributed by atoms with Gasteiger partial charge in [0.1, 0.15) is 11.9 Å². The number of carbonyl (C=O) groups is 1. The Morgan fingerprint density at radius 3 is 2.80 bits per heavy atom. The third-order valence-corrected chi connectivity index (χ3v) is 3.31. The molecular formula is C9H11BrO4S. The summed E-state index contributed by atoms with van der Waals surface area (Å²) in [4.78, 5) is 10.7. The summed E-state index contributed by atoms with van der Waals surface area (Å²) in [5.74, 6) is 0.413. The highest BCUT2D eigenvalue weighted by Gasteiger charge is 2.23. The maximum atomic E-state index is 10.7. The molecule has 15 heavy (non-hydrogen) atoms. The zero-order valence-electron chi connectivity index (χ0n) is 8.01. The minimum absolute atomic E-state index is 0.0974. The number of carbonyl (C=O) groups excluding carboxylic acids is 1. The van der Waals surface area contributed by atoms with Crippen molar-refractivity contribution < 1.29 is 19.4 Å². The van der Waals surface area contributed by atoms with Gasteiger partial charge in [0, 0.05) is 12.7 Å². The fourth-order valence-electron chi connectivity index (χ4n) is 0.985. The third kappa shape index (κ3) is 3.64. The van der Waals surface area contributed by atoms with E-state index in [9.17, 15) is 15.0 Å². The molecule has 0 aliphatic heterocycles. The topological polar surface area (TPSA) is 70.7 Å². The number of hydrogen-bond acceptors (Lipinski definition) is 5. The van der Waals surface area contributed by atoms with Gasteiger partial charge >= 0.3 is 0 Å². The number of rotatable bonds is 4. The largest absolute Gasteiger partial charge is 0.465 e. The van der Waals surface area contributed by atoms with E-state index in [0.29, 0.717) is 4.47 Å². The van der Waals surface area contributed by atoms with Crippen molar-refractivity contribution in [3.8, 4) is 0 Å². The molecule has 0 amide bonds. The molecule has 2 unspecified atom stereocenters. The maximum absolute atomic E-state index is 10.7. The quantitative estimate of drug-likeness (QED) is 0.885. The van der Waals surface area contributed by atoms with Crippen LogP contribution in [0.4, 0.5) is 0 Å². The fourth-order valence-corrected chi connectivity index (χ4v) is 2.01. The second-order valence-corrected chi connectivity index (χ2v) is 5.00. The van der Waals surface area contributed by atoms with Crippen LogP contribution in [-0.2, 0) is 4.79 Å². The Labute approximate surface area is 99.8 Å². The number of aliphatic hydroxyl groups is 2. The van der Waals surface area contributed by atoms with E-state index in [1.165, 1.54) is 13.2 Å². The summed E-state index contributed by atoms with van der Waals surface area (Å²) in [7, 11) is 0. The normalized spacial score (nSPS) is 14.9. The highest BCUT2D eigenvalue weighted by atomic mass is 79.9. The third-order valence-electron chi connectivity index (χ3n) is 1.74. The van der Waals surface area contributed by atoms with Crippen molar-refractivity contribution in [2.45, 2.75) is 19.1 Å². The van der Waals surface area contributed by atoms with Crippen LogP contribution >= 0.6 is 27.7 Å². The number of hydrogen-bond donors (Lipinski definition) is 2. The van der Waals surface area contributed by atoms with E-state index in [0.717, 1.165) is 11.8 Å². The molecule has 1 aromatic rings. The minimum Gasteiger partial charge on any atom is -0.465 e. The molecule has 1 rings (SSSR count). The van der Waals surface area contributed by atoms with Crippen LogP contribution in [0.1, 0.15) is 18.8 Å². The van der Waals surface area contributed by atoms with Crippen LogP contribution in [-0.4, -0.2) is 27.2 Å². The second kappa shape index (κ2) is 5.69. The fraction of sp³-hybridized carbons (Fsp3) is 0.444. The summed E-state index contributed by atoms with van der Waals surface area (Å²) in [6, 6.07) is 1.63. The van der Waals surface area contributed by atoms with E-state index in [1.54, 1.807) is 6.07 Å². The van der Waals surface area contributed by atoms with Crippen molar-refractivity contribution in [1.29, 1.82) is 0 Å². The molecule has 0 bridgehead atoms. The molecule has 1 aromatic heterocycles. The summed E-state index contributed by atoms with van der Waals surface area (Å²) >= 11 is 4.14. The van der Waals surface area contributed by atoms with Crippen LogP contribution in [0.3, 0.4) is 0 Å². The SMILES string of the molecule is CC(=O)SCC(O)C(O)c1occc1Br. The zero-order valence-corrected chi connectivity index (χ0v) is 10.4. The molecule has 0 saturated heterocycles. The van der Waals surface area contributed by atoms with Gasteiger partial charge in [-0.15, -0.1) is 0 Å². The van der Waals surface area contributed by atoms with Crippen LogP contribution in [0.25, 0.3) is 0 Å². The number of halogens is 1. The van der Waals surface area contributed by atoms with Gasteiger partial charge in [0.25, 0.3) is 0 Å². The smallest absolute Gasteiger partial charge is 0.185 e. The molecule has 0 saturated carbocycles. The molecule has 0 radical (unpaired) electrons. The number of aliphatic hydroxyl groups excluding tert-OH is 2. The van der Waals surface area contributed by atoms with Crippen molar-refractivity contribution in [2.75, 3.05) is 5.75 Å². The number of thioether (sulfide) groups is 1. The Morgan fingerprint density at radius 1 is 1.67 bits per heavy atom. The molecule has 4 nitrogen and oxygen atoms in total.